The fourth-order valence-corrected chi connectivity index (χ4v) is 4.89. The summed E-state index contributed by atoms with van der Waals surface area (Å²) in [5.41, 5.74) is 2.28. The summed E-state index contributed by atoms with van der Waals surface area (Å²) in [6.45, 7) is 4.58. The van der Waals surface area contributed by atoms with Gasteiger partial charge in [-0.15, -0.1) is 21.5 Å². The number of carbonyl (C=O) groups excluding carboxylic acids is 1. The Morgan fingerprint density at radius 1 is 1.23 bits per heavy atom. The fourth-order valence-electron chi connectivity index (χ4n) is 2.31. The van der Waals surface area contributed by atoms with Gasteiger partial charge in [-0.25, -0.2) is 0 Å². The van der Waals surface area contributed by atoms with E-state index in [1.54, 1.807) is 11.3 Å². The summed E-state index contributed by atoms with van der Waals surface area (Å²) in [7, 11) is 0. The number of thiophene rings is 1. The van der Waals surface area contributed by atoms with Crippen molar-refractivity contribution in [2.45, 2.75) is 36.4 Å². The highest BCUT2D eigenvalue weighted by Gasteiger charge is 2.17. The number of nitrogens with one attached hydrogen (secondary N) is 2. The maximum absolute atomic E-state index is 12.2. The number of para-hydroxylation sites is 1. The number of benzene rings is 1. The average Bonchev–Trinajstić information content (AvgIpc) is 3.32. The molecule has 1 amide bonds. The number of hydrogen-bond donors (Lipinski definition) is 2. The highest BCUT2D eigenvalue weighted by atomic mass is 32.2. The first kappa shape index (κ1) is 18.9. The predicted octanol–water partition coefficient (Wildman–Crippen LogP) is 4.70. The molecular weight excluding hydrogens is 384 g/mol. The second-order valence-corrected chi connectivity index (χ2v) is 9.16. The molecule has 0 saturated heterocycles. The molecular formula is C18H20N4OS3. The molecule has 1 aromatic carbocycles. The molecule has 0 aliphatic heterocycles. The molecule has 2 heterocycles. The van der Waals surface area contributed by atoms with E-state index in [1.165, 1.54) is 28.7 Å². The molecule has 2 N–H and O–H groups in total. The Morgan fingerprint density at radius 3 is 2.85 bits per heavy atom. The van der Waals surface area contributed by atoms with Crippen molar-refractivity contribution in [3.05, 3.63) is 52.2 Å². The molecule has 2 aromatic heterocycles. The minimum Gasteiger partial charge on any atom is -0.350 e. The molecule has 0 unspecified atom stereocenters. The molecule has 0 bridgehead atoms. The third-order valence-electron chi connectivity index (χ3n) is 3.71. The monoisotopic (exact) mass is 404 g/mol. The van der Waals surface area contributed by atoms with E-state index in [2.05, 4.69) is 33.8 Å². The van der Waals surface area contributed by atoms with Gasteiger partial charge in [0.25, 0.3) is 0 Å². The van der Waals surface area contributed by atoms with Crippen LogP contribution in [0.15, 0.2) is 46.1 Å². The van der Waals surface area contributed by atoms with Crippen molar-refractivity contribution in [2.75, 3.05) is 5.32 Å². The van der Waals surface area contributed by atoms with E-state index in [9.17, 15) is 4.79 Å². The van der Waals surface area contributed by atoms with Gasteiger partial charge in [-0.1, -0.05) is 54.3 Å². The van der Waals surface area contributed by atoms with Gasteiger partial charge in [0, 0.05) is 10.6 Å². The van der Waals surface area contributed by atoms with Gasteiger partial charge in [-0.2, -0.15) is 0 Å². The van der Waals surface area contributed by atoms with Crippen molar-refractivity contribution in [1.82, 2.24) is 15.5 Å². The smallest absolute Gasteiger partial charge is 0.233 e. The molecule has 8 heteroatoms. The number of aromatic nitrogens is 2. The van der Waals surface area contributed by atoms with Gasteiger partial charge in [-0.05, 0) is 36.4 Å². The Balaban J connectivity index is 1.55. The standard InChI is InChI=1S/C18H20N4OS3/c1-3-13-7-4-5-9-15(13)20-17-21-22-18(26-17)25-12(2)16(23)19-11-14-8-6-10-24-14/h4-10,12H,3,11H2,1-2H3,(H,19,23)(H,20,21)/t12-/m0/s1. The predicted molar refractivity (Wildman–Crippen MR) is 110 cm³/mol. The minimum atomic E-state index is -0.223. The molecule has 5 nitrogen and oxygen atoms in total. The number of carbonyl (C=O) groups is 1. The molecule has 0 fully saturated rings. The van der Waals surface area contributed by atoms with Crippen LogP contribution in [0.25, 0.3) is 0 Å². The normalized spacial score (nSPS) is 11.9. The topological polar surface area (TPSA) is 66.9 Å². The Hall–Kier alpha value is -1.90. The number of amides is 1. The lowest BCUT2D eigenvalue weighted by atomic mass is 10.1. The lowest BCUT2D eigenvalue weighted by Gasteiger charge is -2.09. The zero-order valence-corrected chi connectivity index (χ0v) is 17.0. The molecule has 0 aliphatic rings. The van der Waals surface area contributed by atoms with Gasteiger partial charge in [0.1, 0.15) is 0 Å². The van der Waals surface area contributed by atoms with E-state index in [0.717, 1.165) is 26.5 Å². The molecule has 0 aliphatic carbocycles. The first-order valence-corrected chi connectivity index (χ1v) is 10.9. The fraction of sp³-hybridized carbons (Fsp3) is 0.278. The van der Waals surface area contributed by atoms with Gasteiger partial charge in [0.2, 0.25) is 11.0 Å². The lowest BCUT2D eigenvalue weighted by molar-refractivity contribution is -0.120. The van der Waals surface area contributed by atoms with Gasteiger partial charge in [0.05, 0.1) is 11.8 Å². The summed E-state index contributed by atoms with van der Waals surface area (Å²) < 4.78 is 0.778. The number of rotatable bonds is 8. The number of nitrogens with zero attached hydrogens (tertiary/aromatic N) is 2. The average molecular weight is 405 g/mol. The molecule has 0 radical (unpaired) electrons. The van der Waals surface area contributed by atoms with Gasteiger partial charge in [0.15, 0.2) is 4.34 Å². The van der Waals surface area contributed by atoms with Gasteiger partial charge in [-0.3, -0.25) is 4.79 Å². The van der Waals surface area contributed by atoms with Crippen molar-refractivity contribution in [2.24, 2.45) is 0 Å². The van der Waals surface area contributed by atoms with Crippen molar-refractivity contribution in [1.29, 1.82) is 0 Å². The van der Waals surface area contributed by atoms with Crippen LogP contribution in [0.4, 0.5) is 10.8 Å². The molecule has 3 aromatic rings. The third-order valence-corrected chi connectivity index (χ3v) is 6.61. The molecule has 3 rings (SSSR count). The Labute approximate surface area is 165 Å². The maximum atomic E-state index is 12.2. The van der Waals surface area contributed by atoms with Crippen LogP contribution in [0.3, 0.4) is 0 Å². The summed E-state index contributed by atoms with van der Waals surface area (Å²) in [4.78, 5) is 13.4. The van der Waals surface area contributed by atoms with Crippen molar-refractivity contribution < 1.29 is 4.79 Å². The molecule has 1 atom stereocenters. The number of hydrogen-bond acceptors (Lipinski definition) is 7. The van der Waals surface area contributed by atoms with E-state index in [-0.39, 0.29) is 11.2 Å². The Bertz CT molecular complexity index is 848. The van der Waals surface area contributed by atoms with Crippen LogP contribution in [0.1, 0.15) is 24.3 Å². The van der Waals surface area contributed by atoms with E-state index in [4.69, 9.17) is 0 Å². The van der Waals surface area contributed by atoms with E-state index < -0.39 is 0 Å². The summed E-state index contributed by atoms with van der Waals surface area (Å²) >= 11 is 4.52. The van der Waals surface area contributed by atoms with Crippen molar-refractivity contribution in [3.8, 4) is 0 Å². The second-order valence-electron chi connectivity index (χ2n) is 5.57. The van der Waals surface area contributed by atoms with E-state index >= 15 is 0 Å². The minimum absolute atomic E-state index is 0.00411. The third kappa shape index (κ3) is 5.06. The summed E-state index contributed by atoms with van der Waals surface area (Å²) in [5, 5.41) is 17.2. The summed E-state index contributed by atoms with van der Waals surface area (Å²) in [6, 6.07) is 12.2. The van der Waals surface area contributed by atoms with E-state index in [0.29, 0.717) is 6.54 Å². The largest absolute Gasteiger partial charge is 0.350 e. The van der Waals surface area contributed by atoms with E-state index in [1.807, 2.05) is 42.6 Å². The highest BCUT2D eigenvalue weighted by Crippen LogP contribution is 2.31. The maximum Gasteiger partial charge on any atom is 0.233 e. The van der Waals surface area contributed by atoms with Crippen LogP contribution in [0.2, 0.25) is 0 Å². The van der Waals surface area contributed by atoms with Crippen molar-refractivity contribution >= 4 is 51.2 Å². The van der Waals surface area contributed by atoms with Gasteiger partial charge >= 0.3 is 0 Å². The second kappa shape index (κ2) is 9.16. The zero-order chi connectivity index (χ0) is 18.4. The molecule has 0 saturated carbocycles. The summed E-state index contributed by atoms with van der Waals surface area (Å²) in [5.74, 6) is 0.00411. The highest BCUT2D eigenvalue weighted by molar-refractivity contribution is 8.02. The Morgan fingerprint density at radius 2 is 2.08 bits per heavy atom. The Kier molecular flexibility index (Phi) is 6.65. The van der Waals surface area contributed by atoms with Crippen LogP contribution < -0.4 is 10.6 Å². The van der Waals surface area contributed by atoms with Crippen LogP contribution in [0, 0.1) is 0 Å². The first-order chi connectivity index (χ1) is 12.7. The summed E-state index contributed by atoms with van der Waals surface area (Å²) in [6.07, 6.45) is 0.949. The molecule has 26 heavy (non-hydrogen) atoms. The van der Waals surface area contributed by atoms with Gasteiger partial charge < -0.3 is 10.6 Å². The van der Waals surface area contributed by atoms with Crippen LogP contribution in [0.5, 0.6) is 0 Å². The quantitative estimate of drug-likeness (QED) is 0.533. The van der Waals surface area contributed by atoms with Crippen molar-refractivity contribution in [3.63, 3.8) is 0 Å². The lowest BCUT2D eigenvalue weighted by Crippen LogP contribution is -2.30. The molecule has 0 spiro atoms. The molecule has 136 valence electrons. The van der Waals surface area contributed by atoms with Crippen LogP contribution in [-0.4, -0.2) is 21.4 Å². The zero-order valence-electron chi connectivity index (χ0n) is 14.6. The first-order valence-electron chi connectivity index (χ1n) is 8.31. The van der Waals surface area contributed by atoms with Crippen LogP contribution >= 0.6 is 34.4 Å². The van der Waals surface area contributed by atoms with Crippen LogP contribution in [-0.2, 0) is 17.8 Å². The number of aryl methyl sites for hydroxylation is 1. The SMILES string of the molecule is CCc1ccccc1Nc1nnc(S[C@@H](C)C(=O)NCc2cccs2)s1. The number of anilines is 2. The number of thioether (sulfide) groups is 1.